The highest BCUT2D eigenvalue weighted by molar-refractivity contribution is 9.12. The number of nitrogens with two attached hydrogens (primary N) is 1. The zero-order valence-corrected chi connectivity index (χ0v) is 14.6. The van der Waals surface area contributed by atoms with Crippen LogP contribution in [0.3, 0.4) is 0 Å². The Morgan fingerprint density at radius 1 is 1.53 bits per heavy atom. The number of halogens is 2. The lowest BCUT2D eigenvalue weighted by Gasteiger charge is -2.16. The number of aryl methyl sites for hydroxylation is 1. The fourth-order valence-corrected chi connectivity index (χ4v) is 4.98. The highest BCUT2D eigenvalue weighted by Crippen LogP contribution is 2.36. The molecule has 0 saturated carbocycles. The normalized spacial score (nSPS) is 12.8. The van der Waals surface area contributed by atoms with Crippen molar-refractivity contribution in [1.29, 1.82) is 0 Å². The van der Waals surface area contributed by atoms with Crippen LogP contribution in [0.15, 0.2) is 26.0 Å². The van der Waals surface area contributed by atoms with E-state index in [-0.39, 0.29) is 6.04 Å². The fourth-order valence-electron chi connectivity index (χ4n) is 2.01. The molecule has 0 saturated heterocycles. The molecular weight excluding hydrogens is 392 g/mol. The Kier molecular flexibility index (Phi) is 5.58. The molecule has 0 bridgehead atoms. The molecule has 4 nitrogen and oxygen atoms in total. The first-order valence-corrected chi connectivity index (χ1v) is 8.46. The van der Waals surface area contributed by atoms with Gasteiger partial charge in [0.15, 0.2) is 0 Å². The molecule has 2 rings (SSSR count). The first-order valence-electron chi connectivity index (χ1n) is 6.06. The molecule has 1 unspecified atom stereocenters. The molecular formula is C12H16Br2N4S. The van der Waals surface area contributed by atoms with Gasteiger partial charge in [0.2, 0.25) is 0 Å². The van der Waals surface area contributed by atoms with Gasteiger partial charge < -0.3 is 4.57 Å². The summed E-state index contributed by atoms with van der Waals surface area (Å²) >= 11 is 8.73. The number of imidazole rings is 1. The Balaban J connectivity index is 2.19. The molecule has 1 atom stereocenters. The first kappa shape index (κ1) is 15.2. The van der Waals surface area contributed by atoms with Crippen molar-refractivity contribution in [2.45, 2.75) is 32.4 Å². The molecule has 3 N–H and O–H groups in total. The van der Waals surface area contributed by atoms with Crippen LogP contribution < -0.4 is 11.3 Å². The minimum Gasteiger partial charge on any atom is -0.335 e. The van der Waals surface area contributed by atoms with E-state index in [9.17, 15) is 0 Å². The lowest BCUT2D eigenvalue weighted by molar-refractivity contribution is 0.517. The minimum absolute atomic E-state index is 0.0509. The molecule has 19 heavy (non-hydrogen) atoms. The summed E-state index contributed by atoms with van der Waals surface area (Å²) < 4.78 is 4.36. The van der Waals surface area contributed by atoms with Crippen molar-refractivity contribution in [3.63, 3.8) is 0 Å². The fraction of sp³-hybridized carbons (Fsp3) is 0.417. The van der Waals surface area contributed by atoms with Gasteiger partial charge in [-0.05, 0) is 49.9 Å². The van der Waals surface area contributed by atoms with Crippen molar-refractivity contribution in [3.8, 4) is 0 Å². The van der Waals surface area contributed by atoms with Crippen LogP contribution in [0.1, 0.15) is 30.8 Å². The summed E-state index contributed by atoms with van der Waals surface area (Å²) in [5, 5.41) is 0. The second kappa shape index (κ2) is 6.99. The van der Waals surface area contributed by atoms with Crippen LogP contribution in [0, 0.1) is 0 Å². The summed E-state index contributed by atoms with van der Waals surface area (Å²) in [6.45, 7) is 3.15. The van der Waals surface area contributed by atoms with Crippen molar-refractivity contribution in [2.75, 3.05) is 0 Å². The second-order valence-corrected chi connectivity index (χ2v) is 7.99. The number of hydrazine groups is 1. The second-order valence-electron chi connectivity index (χ2n) is 4.24. The van der Waals surface area contributed by atoms with Gasteiger partial charge in [0.25, 0.3) is 0 Å². The van der Waals surface area contributed by atoms with E-state index in [0.717, 1.165) is 38.3 Å². The molecule has 0 aliphatic carbocycles. The summed E-state index contributed by atoms with van der Waals surface area (Å²) in [6, 6.07) is 2.14. The SMILES string of the molecule is CCCn1ccnc1CC(NN)c1cc(Br)sc1Br. The zero-order valence-electron chi connectivity index (χ0n) is 10.6. The molecule has 7 heteroatoms. The average Bonchev–Trinajstić information content (AvgIpc) is 2.94. The number of hydrogen-bond donors (Lipinski definition) is 2. The Morgan fingerprint density at radius 2 is 2.32 bits per heavy atom. The highest BCUT2D eigenvalue weighted by atomic mass is 79.9. The maximum absolute atomic E-state index is 5.71. The summed E-state index contributed by atoms with van der Waals surface area (Å²) in [6.07, 6.45) is 5.73. The summed E-state index contributed by atoms with van der Waals surface area (Å²) in [4.78, 5) is 4.43. The molecule has 0 radical (unpaired) electrons. The van der Waals surface area contributed by atoms with Gasteiger partial charge in [-0.3, -0.25) is 11.3 Å². The average molecular weight is 408 g/mol. The third-order valence-corrected chi connectivity index (χ3v) is 5.30. The molecule has 104 valence electrons. The van der Waals surface area contributed by atoms with E-state index in [0.29, 0.717) is 0 Å². The Bertz CT molecular complexity index is 538. The minimum atomic E-state index is 0.0509. The lowest BCUT2D eigenvalue weighted by Crippen LogP contribution is -2.30. The quantitative estimate of drug-likeness (QED) is 0.567. The van der Waals surface area contributed by atoms with Crippen molar-refractivity contribution in [2.24, 2.45) is 5.84 Å². The number of rotatable bonds is 6. The standard InChI is InChI=1S/C12H16Br2N4S/c1-2-4-18-5-3-16-11(18)7-9(17-15)8-6-10(13)19-12(8)14/h3,5-6,9,17H,2,4,7,15H2,1H3. The molecule has 0 amide bonds. The van der Waals surface area contributed by atoms with Crippen LogP contribution in [-0.4, -0.2) is 9.55 Å². The van der Waals surface area contributed by atoms with Gasteiger partial charge in [0.1, 0.15) is 5.82 Å². The van der Waals surface area contributed by atoms with Gasteiger partial charge >= 0.3 is 0 Å². The third-order valence-electron chi connectivity index (χ3n) is 2.91. The summed E-state index contributed by atoms with van der Waals surface area (Å²) in [7, 11) is 0. The topological polar surface area (TPSA) is 55.9 Å². The van der Waals surface area contributed by atoms with Crippen LogP contribution in [0.2, 0.25) is 0 Å². The van der Waals surface area contributed by atoms with Gasteiger partial charge in [-0.15, -0.1) is 11.3 Å². The first-order chi connectivity index (χ1) is 9.15. The lowest BCUT2D eigenvalue weighted by atomic mass is 10.1. The molecule has 0 aliphatic heterocycles. The van der Waals surface area contributed by atoms with E-state index < -0.39 is 0 Å². The molecule has 0 aromatic carbocycles. The highest BCUT2D eigenvalue weighted by Gasteiger charge is 2.18. The van der Waals surface area contributed by atoms with E-state index in [2.05, 4.69) is 59.8 Å². The molecule has 0 spiro atoms. The van der Waals surface area contributed by atoms with Crippen molar-refractivity contribution in [1.82, 2.24) is 15.0 Å². The maximum atomic E-state index is 5.71. The van der Waals surface area contributed by atoms with Crippen molar-refractivity contribution < 1.29 is 0 Å². The Morgan fingerprint density at radius 3 is 2.89 bits per heavy atom. The van der Waals surface area contributed by atoms with Crippen LogP contribution in [0.25, 0.3) is 0 Å². The molecule has 2 aromatic heterocycles. The summed E-state index contributed by atoms with van der Waals surface area (Å²) in [5.74, 6) is 6.76. The Hall–Kier alpha value is -0.210. The van der Waals surface area contributed by atoms with Gasteiger partial charge in [-0.25, -0.2) is 4.98 Å². The van der Waals surface area contributed by atoms with Crippen molar-refractivity contribution >= 4 is 43.2 Å². The number of thiophene rings is 1. The predicted octanol–water partition coefficient (Wildman–Crippen LogP) is 3.63. The zero-order chi connectivity index (χ0) is 13.8. The van der Waals surface area contributed by atoms with E-state index >= 15 is 0 Å². The molecule has 2 aromatic rings. The van der Waals surface area contributed by atoms with Gasteiger partial charge in [-0.1, -0.05) is 6.92 Å². The maximum Gasteiger partial charge on any atom is 0.110 e. The number of hydrogen-bond acceptors (Lipinski definition) is 4. The Labute approximate surface area is 133 Å². The summed E-state index contributed by atoms with van der Waals surface area (Å²) in [5.41, 5.74) is 4.04. The molecule has 2 heterocycles. The van der Waals surface area contributed by atoms with Crippen LogP contribution in [0.4, 0.5) is 0 Å². The van der Waals surface area contributed by atoms with Crippen LogP contribution in [-0.2, 0) is 13.0 Å². The van der Waals surface area contributed by atoms with Crippen LogP contribution >= 0.6 is 43.2 Å². The number of nitrogens with zero attached hydrogens (tertiary/aromatic N) is 2. The van der Waals surface area contributed by atoms with E-state index in [4.69, 9.17) is 5.84 Å². The number of aromatic nitrogens is 2. The number of nitrogens with one attached hydrogen (secondary N) is 1. The van der Waals surface area contributed by atoms with Gasteiger partial charge in [0.05, 0.1) is 13.6 Å². The predicted molar refractivity (Wildman–Crippen MR) is 86.0 cm³/mol. The van der Waals surface area contributed by atoms with Gasteiger partial charge in [-0.2, -0.15) is 0 Å². The molecule has 0 aliphatic rings. The largest absolute Gasteiger partial charge is 0.335 e. The van der Waals surface area contributed by atoms with E-state index in [1.54, 1.807) is 11.3 Å². The molecule has 0 fully saturated rings. The van der Waals surface area contributed by atoms with E-state index in [1.165, 1.54) is 0 Å². The third kappa shape index (κ3) is 3.66. The van der Waals surface area contributed by atoms with Crippen LogP contribution in [0.5, 0.6) is 0 Å². The smallest absolute Gasteiger partial charge is 0.110 e. The van der Waals surface area contributed by atoms with Crippen molar-refractivity contribution in [3.05, 3.63) is 37.4 Å². The van der Waals surface area contributed by atoms with E-state index in [1.807, 2.05) is 12.4 Å². The van der Waals surface area contributed by atoms with Gasteiger partial charge in [0, 0.05) is 25.4 Å². The monoisotopic (exact) mass is 406 g/mol.